The molecule has 0 atom stereocenters. The number of ether oxygens (including phenoxy) is 3. The quantitative estimate of drug-likeness (QED) is 0.146. The molecule has 5 aromatic carbocycles. The molecule has 2 heterocycles. The highest BCUT2D eigenvalue weighted by Crippen LogP contribution is 2.47. The minimum atomic E-state index is -0.332. The monoisotopic (exact) mass is 816 g/mol. The predicted octanol–water partition coefficient (Wildman–Crippen LogP) is 12.6. The number of hydrogen-bond donors (Lipinski definition) is 1. The van der Waals surface area contributed by atoms with Crippen molar-refractivity contribution in [1.82, 2.24) is 9.13 Å². The topological polar surface area (TPSA) is 91.9 Å². The van der Waals surface area contributed by atoms with E-state index in [0.717, 1.165) is 44.6 Å². The van der Waals surface area contributed by atoms with Crippen LogP contribution in [0.2, 0.25) is 0 Å². The molecule has 0 aliphatic heterocycles. The van der Waals surface area contributed by atoms with E-state index in [2.05, 4.69) is 52.6 Å². The molecule has 0 saturated heterocycles. The lowest BCUT2D eigenvalue weighted by Gasteiger charge is -2.24. The van der Waals surface area contributed by atoms with Gasteiger partial charge in [-0.25, -0.2) is 9.59 Å². The number of fused-ring (bicyclic) bond motifs is 2. The van der Waals surface area contributed by atoms with E-state index < -0.39 is 0 Å². The second-order valence-electron chi connectivity index (χ2n) is 16.5. The van der Waals surface area contributed by atoms with E-state index in [1.165, 1.54) is 101 Å². The Morgan fingerprint density at radius 2 is 1.03 bits per heavy atom. The largest absolute Gasteiger partial charge is 0.507 e. The van der Waals surface area contributed by atoms with Gasteiger partial charge in [0.05, 0.1) is 36.7 Å². The molecule has 0 radical (unpaired) electrons. The number of aromatic hydroxyl groups is 1. The lowest BCUT2D eigenvalue weighted by Crippen LogP contribution is -2.07. The molecule has 0 bridgehead atoms. The maximum atomic E-state index is 12.3. The average molecular weight is 817 g/mol. The number of aryl methyl sites for hydroxylation is 2. The molecule has 1 N–H and O–H groups in total. The number of benzene rings is 5. The summed E-state index contributed by atoms with van der Waals surface area (Å²) in [5, 5.41) is 12.9. The Labute approximate surface area is 358 Å². The standard InChI is InChI=1S/C30H31NO3.C23H25NO3/c1-31-26-19-23(30(32)33-2)17-18-24(26)28(22-13-7-4-8-14-22)29(31)25-15-9-10-16-27(25)34-20-21-11-5-3-6-12-21;1-24-19-14-16(23(26)27-2)12-13-17(19)21(15-8-4-3-5-9-15)22(24)18-10-6-7-11-20(18)25/h3,5-6,9-12,15-19,22H,4,7-8,13-14,20H2,1-2H3;6-7,10-15,25H,3-5,8-9H2,1-2H3. The van der Waals surface area contributed by atoms with Gasteiger partial charge in [0.15, 0.2) is 0 Å². The summed E-state index contributed by atoms with van der Waals surface area (Å²) in [6.45, 7) is 0.521. The molecule has 2 aliphatic rings. The summed E-state index contributed by atoms with van der Waals surface area (Å²) in [6.07, 6.45) is 12.3. The molecule has 2 fully saturated rings. The highest BCUT2D eigenvalue weighted by atomic mass is 16.5. The summed E-state index contributed by atoms with van der Waals surface area (Å²) >= 11 is 0. The fraction of sp³-hybridized carbons (Fsp3) is 0.321. The molecule has 2 saturated carbocycles. The molecule has 0 spiro atoms. The van der Waals surface area contributed by atoms with Crippen molar-refractivity contribution in [2.75, 3.05) is 14.2 Å². The molecule has 0 amide bonds. The van der Waals surface area contributed by atoms with E-state index in [1.54, 1.807) is 6.07 Å². The van der Waals surface area contributed by atoms with Crippen LogP contribution in [0.25, 0.3) is 44.3 Å². The molecule has 2 aromatic heterocycles. The molecule has 0 unspecified atom stereocenters. The maximum absolute atomic E-state index is 12.3. The number of phenolic OH excluding ortho intramolecular Hbond substituents is 1. The van der Waals surface area contributed by atoms with Crippen LogP contribution in [0, 0.1) is 0 Å². The van der Waals surface area contributed by atoms with Crippen molar-refractivity contribution in [3.05, 3.63) is 143 Å². The van der Waals surface area contributed by atoms with Gasteiger partial charge in [-0.1, -0.05) is 105 Å². The van der Waals surface area contributed by atoms with Crippen molar-refractivity contribution in [1.29, 1.82) is 0 Å². The van der Waals surface area contributed by atoms with Gasteiger partial charge in [-0.05, 0) is 103 Å². The molecule has 2 aliphatic carbocycles. The Balaban J connectivity index is 0.000000173. The lowest BCUT2D eigenvalue weighted by atomic mass is 9.81. The summed E-state index contributed by atoms with van der Waals surface area (Å²) in [4.78, 5) is 24.3. The number of hydrogen-bond acceptors (Lipinski definition) is 6. The summed E-state index contributed by atoms with van der Waals surface area (Å²) in [6, 6.07) is 37.8. The van der Waals surface area contributed by atoms with Gasteiger partial charge in [0, 0.05) is 47.0 Å². The number of esters is 2. The van der Waals surface area contributed by atoms with Gasteiger partial charge in [0.2, 0.25) is 0 Å². The zero-order valence-corrected chi connectivity index (χ0v) is 35.8. The third-order valence-corrected chi connectivity index (χ3v) is 12.9. The summed E-state index contributed by atoms with van der Waals surface area (Å²) in [7, 11) is 6.94. The zero-order valence-electron chi connectivity index (χ0n) is 35.8. The molecular formula is C53H56N2O6. The minimum Gasteiger partial charge on any atom is -0.507 e. The van der Waals surface area contributed by atoms with E-state index in [9.17, 15) is 14.7 Å². The van der Waals surface area contributed by atoms with Crippen LogP contribution in [-0.2, 0) is 30.2 Å². The predicted molar refractivity (Wildman–Crippen MR) is 243 cm³/mol. The van der Waals surface area contributed by atoms with Crippen molar-refractivity contribution in [2.24, 2.45) is 14.1 Å². The number of methoxy groups -OCH3 is 2. The number of carbonyl (C=O) groups is 2. The van der Waals surface area contributed by atoms with Gasteiger partial charge in [0.1, 0.15) is 18.1 Å². The second kappa shape index (κ2) is 18.5. The van der Waals surface area contributed by atoms with Gasteiger partial charge in [-0.2, -0.15) is 0 Å². The van der Waals surface area contributed by atoms with Gasteiger partial charge in [0.25, 0.3) is 0 Å². The Morgan fingerprint density at radius 1 is 0.574 bits per heavy atom. The molecule has 61 heavy (non-hydrogen) atoms. The zero-order chi connectivity index (χ0) is 42.5. The fourth-order valence-electron chi connectivity index (χ4n) is 9.88. The highest BCUT2D eigenvalue weighted by molar-refractivity contribution is 6.00. The molecule has 7 aromatic rings. The van der Waals surface area contributed by atoms with Crippen LogP contribution in [0.4, 0.5) is 0 Å². The summed E-state index contributed by atoms with van der Waals surface area (Å²) in [5.74, 6) is 1.49. The third-order valence-electron chi connectivity index (χ3n) is 12.9. The Bertz CT molecular complexity index is 2660. The van der Waals surface area contributed by atoms with Crippen molar-refractivity contribution in [2.45, 2.75) is 82.7 Å². The van der Waals surface area contributed by atoms with Crippen molar-refractivity contribution >= 4 is 33.7 Å². The first kappa shape index (κ1) is 41.5. The number of carbonyl (C=O) groups excluding carboxylic acids is 2. The molecule has 8 heteroatoms. The molecule has 9 rings (SSSR count). The van der Waals surface area contributed by atoms with Crippen LogP contribution in [-0.4, -0.2) is 40.4 Å². The number of para-hydroxylation sites is 2. The van der Waals surface area contributed by atoms with E-state index in [1.807, 2.05) is 79.8 Å². The first-order chi connectivity index (χ1) is 29.8. The lowest BCUT2D eigenvalue weighted by molar-refractivity contribution is 0.0592. The maximum Gasteiger partial charge on any atom is 0.337 e. The van der Waals surface area contributed by atoms with E-state index in [-0.39, 0.29) is 17.7 Å². The van der Waals surface area contributed by atoms with Crippen LogP contribution in [0.3, 0.4) is 0 Å². The van der Waals surface area contributed by atoms with E-state index in [0.29, 0.717) is 29.6 Å². The van der Waals surface area contributed by atoms with Crippen molar-refractivity contribution in [3.63, 3.8) is 0 Å². The van der Waals surface area contributed by atoms with Gasteiger partial charge in [-0.15, -0.1) is 0 Å². The van der Waals surface area contributed by atoms with Gasteiger partial charge >= 0.3 is 11.9 Å². The Hall–Kier alpha value is -6.28. The SMILES string of the molecule is COC(=O)c1ccc2c(C3CCCCC3)c(-c3ccccc3O)n(C)c2c1.COC(=O)c1ccc2c(C3CCCCC3)c(-c3ccccc3OCc3ccccc3)n(C)c2c1. The van der Waals surface area contributed by atoms with Crippen molar-refractivity contribution in [3.8, 4) is 34.0 Å². The number of rotatable bonds is 9. The fourth-order valence-corrected chi connectivity index (χ4v) is 9.88. The third kappa shape index (κ3) is 8.41. The molecular weight excluding hydrogens is 761 g/mol. The van der Waals surface area contributed by atoms with Crippen LogP contribution < -0.4 is 4.74 Å². The summed E-state index contributed by atoms with van der Waals surface area (Å²) in [5.41, 5.74) is 11.2. The van der Waals surface area contributed by atoms with Crippen LogP contribution in [0.5, 0.6) is 11.5 Å². The number of aromatic nitrogens is 2. The first-order valence-corrected chi connectivity index (χ1v) is 21.7. The van der Waals surface area contributed by atoms with E-state index in [4.69, 9.17) is 14.2 Å². The second-order valence-corrected chi connectivity index (χ2v) is 16.5. The molecule has 314 valence electrons. The van der Waals surface area contributed by atoms with E-state index >= 15 is 0 Å². The summed E-state index contributed by atoms with van der Waals surface area (Å²) < 4.78 is 20.6. The highest BCUT2D eigenvalue weighted by Gasteiger charge is 2.29. The van der Waals surface area contributed by atoms with Gasteiger partial charge < -0.3 is 28.5 Å². The minimum absolute atomic E-state index is 0.286. The normalized spacial score (nSPS) is 14.7. The Kier molecular flexibility index (Phi) is 12.6. The van der Waals surface area contributed by atoms with Crippen molar-refractivity contribution < 1.29 is 28.9 Å². The van der Waals surface area contributed by atoms with Crippen LogP contribution >= 0.6 is 0 Å². The van der Waals surface area contributed by atoms with Gasteiger partial charge in [-0.3, -0.25) is 0 Å². The smallest absolute Gasteiger partial charge is 0.337 e. The molecule has 8 nitrogen and oxygen atoms in total. The van der Waals surface area contributed by atoms with Crippen LogP contribution in [0.15, 0.2) is 115 Å². The number of nitrogens with zero attached hydrogens (tertiary/aromatic N) is 2. The number of phenols is 1. The Morgan fingerprint density at radius 3 is 1.54 bits per heavy atom. The average Bonchev–Trinajstić information content (AvgIpc) is 3.78. The first-order valence-electron chi connectivity index (χ1n) is 21.7. The van der Waals surface area contributed by atoms with Crippen LogP contribution in [0.1, 0.15) is 113 Å².